The lowest BCUT2D eigenvalue weighted by Gasteiger charge is -2.09. The quantitative estimate of drug-likeness (QED) is 0.416. The standard InChI is InChI=1S/C18H19N3O6/c1-26-15-8-10-16(11-9-15)27-12-2-3-17(22)19-20-18(23)13-4-6-14(7-5-13)21(24)25/h4-11H,2-3,12H2,1H3,(H,19,22)(H,20,23). The molecule has 142 valence electrons. The second kappa shape index (κ2) is 9.76. The van der Waals surface area contributed by atoms with Gasteiger partial charge in [-0.15, -0.1) is 0 Å². The molecule has 27 heavy (non-hydrogen) atoms. The molecule has 2 aromatic carbocycles. The predicted octanol–water partition coefficient (Wildman–Crippen LogP) is 2.22. The lowest BCUT2D eigenvalue weighted by molar-refractivity contribution is -0.384. The van der Waals surface area contributed by atoms with Gasteiger partial charge in [0.05, 0.1) is 18.6 Å². The van der Waals surface area contributed by atoms with E-state index in [1.807, 2.05) is 0 Å². The minimum atomic E-state index is -0.562. The second-order valence-electron chi connectivity index (χ2n) is 5.43. The molecule has 2 aromatic rings. The van der Waals surface area contributed by atoms with E-state index < -0.39 is 10.8 Å². The van der Waals surface area contributed by atoms with Gasteiger partial charge >= 0.3 is 0 Å². The Morgan fingerprint density at radius 2 is 1.63 bits per heavy atom. The summed E-state index contributed by atoms with van der Waals surface area (Å²) in [6.07, 6.45) is 0.627. The normalized spacial score (nSPS) is 9.96. The average Bonchev–Trinajstić information content (AvgIpc) is 2.70. The van der Waals surface area contributed by atoms with E-state index in [2.05, 4.69) is 10.9 Å². The summed E-state index contributed by atoms with van der Waals surface area (Å²) in [6.45, 7) is 0.343. The van der Waals surface area contributed by atoms with Crippen LogP contribution in [0.1, 0.15) is 23.2 Å². The zero-order chi connectivity index (χ0) is 19.6. The Morgan fingerprint density at radius 3 is 2.22 bits per heavy atom. The van der Waals surface area contributed by atoms with Crippen LogP contribution >= 0.6 is 0 Å². The van der Waals surface area contributed by atoms with Crippen LogP contribution in [0.4, 0.5) is 5.69 Å². The molecule has 0 heterocycles. The number of benzene rings is 2. The highest BCUT2D eigenvalue weighted by atomic mass is 16.6. The lowest BCUT2D eigenvalue weighted by atomic mass is 10.2. The van der Waals surface area contributed by atoms with Gasteiger partial charge in [0.15, 0.2) is 0 Å². The van der Waals surface area contributed by atoms with Crippen molar-refractivity contribution in [3.05, 3.63) is 64.2 Å². The number of nitrogens with one attached hydrogen (secondary N) is 2. The van der Waals surface area contributed by atoms with Crippen molar-refractivity contribution in [3.63, 3.8) is 0 Å². The number of ether oxygens (including phenoxy) is 2. The summed E-state index contributed by atoms with van der Waals surface area (Å²) < 4.78 is 10.6. The monoisotopic (exact) mass is 373 g/mol. The van der Waals surface area contributed by atoms with E-state index in [0.29, 0.717) is 18.8 Å². The van der Waals surface area contributed by atoms with Gasteiger partial charge in [-0.3, -0.25) is 30.6 Å². The average molecular weight is 373 g/mol. The fourth-order valence-electron chi connectivity index (χ4n) is 2.09. The maximum Gasteiger partial charge on any atom is 0.269 e. The van der Waals surface area contributed by atoms with E-state index in [4.69, 9.17) is 9.47 Å². The molecule has 0 spiro atoms. The number of non-ortho nitro benzene ring substituents is 1. The lowest BCUT2D eigenvalue weighted by Crippen LogP contribution is -2.41. The molecule has 0 saturated heterocycles. The van der Waals surface area contributed by atoms with Crippen molar-refractivity contribution in [2.45, 2.75) is 12.8 Å². The van der Waals surface area contributed by atoms with Crippen LogP contribution in [0.25, 0.3) is 0 Å². The number of nitrogens with zero attached hydrogens (tertiary/aromatic N) is 1. The number of hydrogen-bond donors (Lipinski definition) is 2. The van der Waals surface area contributed by atoms with Gasteiger partial charge in [0.2, 0.25) is 5.91 Å². The summed E-state index contributed by atoms with van der Waals surface area (Å²) in [5.74, 6) is 0.462. The number of rotatable bonds is 8. The molecule has 0 saturated carbocycles. The molecule has 9 heteroatoms. The Kier molecular flexibility index (Phi) is 7.12. The number of nitro groups is 1. The number of hydrazine groups is 1. The number of carbonyl (C=O) groups is 2. The van der Waals surface area contributed by atoms with Crippen LogP contribution in [-0.2, 0) is 4.79 Å². The molecule has 9 nitrogen and oxygen atoms in total. The zero-order valence-corrected chi connectivity index (χ0v) is 14.6. The Morgan fingerprint density at radius 1 is 1.00 bits per heavy atom. The zero-order valence-electron chi connectivity index (χ0n) is 14.6. The number of carbonyl (C=O) groups excluding carboxylic acids is 2. The third-order valence-corrected chi connectivity index (χ3v) is 3.53. The molecule has 0 bridgehead atoms. The smallest absolute Gasteiger partial charge is 0.269 e. The maximum atomic E-state index is 11.9. The molecule has 0 aliphatic rings. The van der Waals surface area contributed by atoms with Crippen molar-refractivity contribution in [2.75, 3.05) is 13.7 Å². The highest BCUT2D eigenvalue weighted by Crippen LogP contribution is 2.17. The van der Waals surface area contributed by atoms with Gasteiger partial charge < -0.3 is 9.47 Å². The molecular formula is C18H19N3O6. The second-order valence-corrected chi connectivity index (χ2v) is 5.43. The SMILES string of the molecule is COc1ccc(OCCCC(=O)NNC(=O)c2ccc([N+](=O)[O-])cc2)cc1. The minimum Gasteiger partial charge on any atom is -0.497 e. The van der Waals surface area contributed by atoms with E-state index in [-0.39, 0.29) is 23.6 Å². The first kappa shape index (κ1) is 19.7. The molecule has 0 radical (unpaired) electrons. The largest absolute Gasteiger partial charge is 0.497 e. The fourth-order valence-corrected chi connectivity index (χ4v) is 2.09. The molecule has 0 aromatic heterocycles. The highest BCUT2D eigenvalue weighted by Gasteiger charge is 2.10. The highest BCUT2D eigenvalue weighted by molar-refractivity contribution is 5.95. The fraction of sp³-hybridized carbons (Fsp3) is 0.222. The first-order valence-electron chi connectivity index (χ1n) is 8.10. The van der Waals surface area contributed by atoms with E-state index in [0.717, 1.165) is 5.75 Å². The summed E-state index contributed by atoms with van der Waals surface area (Å²) in [7, 11) is 1.58. The first-order chi connectivity index (χ1) is 13.0. The Hall–Kier alpha value is -3.62. The summed E-state index contributed by atoms with van der Waals surface area (Å²) >= 11 is 0. The van der Waals surface area contributed by atoms with Gasteiger partial charge in [0.25, 0.3) is 11.6 Å². The van der Waals surface area contributed by atoms with Crippen molar-refractivity contribution < 1.29 is 24.0 Å². The van der Waals surface area contributed by atoms with Crippen molar-refractivity contribution in [1.82, 2.24) is 10.9 Å². The van der Waals surface area contributed by atoms with Gasteiger partial charge in [-0.1, -0.05) is 0 Å². The molecule has 0 atom stereocenters. The number of amides is 2. The molecule has 0 unspecified atom stereocenters. The minimum absolute atomic E-state index is 0.118. The predicted molar refractivity (Wildman–Crippen MR) is 96.4 cm³/mol. The van der Waals surface area contributed by atoms with Crippen molar-refractivity contribution >= 4 is 17.5 Å². The summed E-state index contributed by atoms with van der Waals surface area (Å²) in [5, 5.41) is 10.6. The van der Waals surface area contributed by atoms with Crippen LogP contribution in [0.5, 0.6) is 11.5 Å². The van der Waals surface area contributed by atoms with E-state index in [1.165, 1.54) is 24.3 Å². The van der Waals surface area contributed by atoms with Crippen LogP contribution in [-0.4, -0.2) is 30.5 Å². The van der Waals surface area contributed by atoms with Crippen molar-refractivity contribution in [2.24, 2.45) is 0 Å². The van der Waals surface area contributed by atoms with E-state index in [9.17, 15) is 19.7 Å². The van der Waals surface area contributed by atoms with Crippen LogP contribution < -0.4 is 20.3 Å². The number of methoxy groups -OCH3 is 1. The molecule has 0 aliphatic carbocycles. The Labute approximate surface area is 155 Å². The topological polar surface area (TPSA) is 120 Å². The number of hydrogen-bond acceptors (Lipinski definition) is 6. The Bertz CT molecular complexity index is 790. The first-order valence-corrected chi connectivity index (χ1v) is 8.10. The van der Waals surface area contributed by atoms with Crippen LogP contribution in [0.15, 0.2) is 48.5 Å². The maximum absolute atomic E-state index is 11.9. The third-order valence-electron chi connectivity index (χ3n) is 3.53. The van der Waals surface area contributed by atoms with Gasteiger partial charge in [-0.25, -0.2) is 0 Å². The molecule has 2 rings (SSSR count). The van der Waals surface area contributed by atoms with Gasteiger partial charge in [0.1, 0.15) is 11.5 Å². The van der Waals surface area contributed by atoms with E-state index in [1.54, 1.807) is 31.4 Å². The van der Waals surface area contributed by atoms with E-state index >= 15 is 0 Å². The number of nitro benzene ring substituents is 1. The summed E-state index contributed by atoms with van der Waals surface area (Å²) in [6, 6.07) is 12.1. The van der Waals surface area contributed by atoms with Crippen LogP contribution in [0.2, 0.25) is 0 Å². The summed E-state index contributed by atoms with van der Waals surface area (Å²) in [5.41, 5.74) is 4.62. The van der Waals surface area contributed by atoms with Crippen molar-refractivity contribution in [1.29, 1.82) is 0 Å². The van der Waals surface area contributed by atoms with Gasteiger partial charge in [-0.2, -0.15) is 0 Å². The molecule has 2 amide bonds. The molecule has 0 aliphatic heterocycles. The van der Waals surface area contributed by atoms with Crippen molar-refractivity contribution in [3.8, 4) is 11.5 Å². The van der Waals surface area contributed by atoms with Crippen LogP contribution in [0.3, 0.4) is 0 Å². The summed E-state index contributed by atoms with van der Waals surface area (Å²) in [4.78, 5) is 33.6. The molecule has 0 fully saturated rings. The van der Waals surface area contributed by atoms with Gasteiger partial charge in [0, 0.05) is 24.1 Å². The Balaban J connectivity index is 1.66. The third kappa shape index (κ3) is 6.31. The van der Waals surface area contributed by atoms with Crippen LogP contribution in [0, 0.1) is 10.1 Å². The molecule has 2 N–H and O–H groups in total. The van der Waals surface area contributed by atoms with Gasteiger partial charge in [-0.05, 0) is 42.8 Å². The molecular weight excluding hydrogens is 354 g/mol.